The monoisotopic (exact) mass is 308 g/mol. The summed E-state index contributed by atoms with van der Waals surface area (Å²) < 4.78 is 0. The Balaban J connectivity index is 1.50. The van der Waals surface area contributed by atoms with E-state index in [2.05, 4.69) is 10.3 Å². The lowest BCUT2D eigenvalue weighted by Crippen LogP contribution is -2.26. The van der Waals surface area contributed by atoms with Crippen LogP contribution in [0.15, 0.2) is 4.99 Å². The summed E-state index contributed by atoms with van der Waals surface area (Å²) in [5.41, 5.74) is 0. The van der Waals surface area contributed by atoms with E-state index in [1.165, 1.54) is 25.0 Å². The molecule has 1 fully saturated rings. The molecule has 2 rings (SSSR count). The summed E-state index contributed by atoms with van der Waals surface area (Å²) in [5, 5.41) is 4.46. The average Bonchev–Trinajstić information content (AvgIpc) is 2.96. The van der Waals surface area contributed by atoms with Crippen molar-refractivity contribution >= 4 is 54.3 Å². The van der Waals surface area contributed by atoms with Crippen LogP contribution in [0.25, 0.3) is 0 Å². The van der Waals surface area contributed by atoms with E-state index in [0.29, 0.717) is 6.42 Å². The molecule has 3 nitrogen and oxygen atoms in total. The summed E-state index contributed by atoms with van der Waals surface area (Å²) in [5.74, 6) is 2.17. The van der Waals surface area contributed by atoms with Gasteiger partial charge in [-0.15, -0.1) is 0 Å². The van der Waals surface area contributed by atoms with Crippen molar-refractivity contribution in [3.63, 3.8) is 0 Å². The number of carbonyl (C=O) groups excluding carboxylic acids is 1. The summed E-state index contributed by atoms with van der Waals surface area (Å²) in [6.07, 6.45) is 5.40. The van der Waals surface area contributed by atoms with Crippen molar-refractivity contribution in [1.29, 1.82) is 0 Å². The molecule has 0 spiro atoms. The van der Waals surface area contributed by atoms with Gasteiger partial charge < -0.3 is 5.32 Å². The van der Waals surface area contributed by atoms with Crippen LogP contribution < -0.4 is 5.32 Å². The third kappa shape index (κ3) is 5.36. The molecule has 1 amide bonds. The van der Waals surface area contributed by atoms with Gasteiger partial charge >= 0.3 is 0 Å². The van der Waals surface area contributed by atoms with E-state index >= 15 is 0 Å². The number of hydrogen-bond donors (Lipinski definition) is 1. The predicted octanol–water partition coefficient (Wildman–Crippen LogP) is 3.53. The van der Waals surface area contributed by atoms with Crippen LogP contribution in [0.1, 0.15) is 32.1 Å². The first-order valence-corrected chi connectivity index (χ1v) is 10.5. The Kier molecular flexibility index (Phi) is 6.46. The van der Waals surface area contributed by atoms with Crippen molar-refractivity contribution in [3.05, 3.63) is 0 Å². The number of rotatable bonds is 5. The van der Waals surface area contributed by atoms with Crippen molar-refractivity contribution < 1.29 is 4.79 Å². The number of aliphatic imine (C=N–C) groups is 1. The minimum atomic E-state index is 0.118. The second kappa shape index (κ2) is 7.86. The van der Waals surface area contributed by atoms with Gasteiger partial charge in [0.25, 0.3) is 0 Å². The molecular weight excluding hydrogens is 292 g/mol. The number of hydrogen-bond acceptors (Lipinski definition) is 6. The van der Waals surface area contributed by atoms with Crippen molar-refractivity contribution in [2.45, 2.75) is 37.4 Å². The molecule has 2 aliphatic rings. The average molecular weight is 309 g/mol. The lowest BCUT2D eigenvalue weighted by Gasteiger charge is -2.06. The van der Waals surface area contributed by atoms with Crippen molar-refractivity contribution in [1.82, 2.24) is 5.32 Å². The van der Waals surface area contributed by atoms with Crippen LogP contribution in [-0.2, 0) is 4.79 Å². The number of nitrogens with zero attached hydrogens (tertiary/aromatic N) is 1. The molecule has 0 radical (unpaired) electrons. The maximum atomic E-state index is 11.6. The summed E-state index contributed by atoms with van der Waals surface area (Å²) in [6.45, 7) is 0. The molecule has 17 heavy (non-hydrogen) atoms. The third-order valence-electron chi connectivity index (χ3n) is 2.55. The Hall–Kier alpha value is 0.540. The van der Waals surface area contributed by atoms with Gasteiger partial charge in [-0.05, 0) is 30.1 Å². The second-order valence-corrected chi connectivity index (χ2v) is 8.96. The van der Waals surface area contributed by atoms with Crippen molar-refractivity contribution in [2.75, 3.05) is 11.6 Å². The number of nitrogens with one attached hydrogen (secondary N) is 1. The van der Waals surface area contributed by atoms with Crippen LogP contribution in [0.4, 0.5) is 0 Å². The van der Waals surface area contributed by atoms with Gasteiger partial charge in [-0.3, -0.25) is 4.79 Å². The zero-order valence-electron chi connectivity index (χ0n) is 9.52. The summed E-state index contributed by atoms with van der Waals surface area (Å²) in [4.78, 5) is 15.7. The van der Waals surface area contributed by atoms with E-state index in [4.69, 9.17) is 0 Å². The fourth-order valence-corrected chi connectivity index (χ4v) is 6.32. The number of amides is 1. The number of carbonyl (C=O) groups is 1. The number of unbranched alkanes of at least 4 members (excludes halogenated alkanes) is 1. The van der Waals surface area contributed by atoms with Gasteiger partial charge in [0.05, 0.1) is 5.88 Å². The van der Waals surface area contributed by atoms with Crippen LogP contribution in [0, 0.1) is 0 Å². The molecule has 0 aromatic heterocycles. The molecule has 0 saturated carbocycles. The topological polar surface area (TPSA) is 41.5 Å². The fraction of sp³-hybridized carbons (Fsp3) is 0.800. The molecule has 96 valence electrons. The summed E-state index contributed by atoms with van der Waals surface area (Å²) in [6, 6.07) is 0. The van der Waals surface area contributed by atoms with E-state index < -0.39 is 0 Å². The van der Waals surface area contributed by atoms with E-state index in [1.54, 1.807) is 21.6 Å². The minimum absolute atomic E-state index is 0.118. The maximum Gasteiger partial charge on any atom is 0.225 e. The SMILES string of the molecule is O=C(CCCCC1CCSS1)NC1=NCSS1. The molecule has 0 aromatic carbocycles. The van der Waals surface area contributed by atoms with Gasteiger partial charge in [0.1, 0.15) is 0 Å². The van der Waals surface area contributed by atoms with Gasteiger partial charge in [-0.1, -0.05) is 38.8 Å². The lowest BCUT2D eigenvalue weighted by molar-refractivity contribution is -0.119. The van der Waals surface area contributed by atoms with E-state index in [1.807, 2.05) is 21.6 Å². The highest BCUT2D eigenvalue weighted by atomic mass is 33.1. The molecule has 1 saturated heterocycles. The molecule has 1 atom stereocenters. The van der Waals surface area contributed by atoms with E-state index in [0.717, 1.165) is 22.7 Å². The molecule has 7 heteroatoms. The molecule has 0 bridgehead atoms. The minimum Gasteiger partial charge on any atom is -0.305 e. The zero-order valence-corrected chi connectivity index (χ0v) is 12.8. The Morgan fingerprint density at radius 2 is 2.35 bits per heavy atom. The van der Waals surface area contributed by atoms with Crippen molar-refractivity contribution in [3.8, 4) is 0 Å². The highest BCUT2D eigenvalue weighted by Gasteiger charge is 2.16. The van der Waals surface area contributed by atoms with Crippen LogP contribution in [0.3, 0.4) is 0 Å². The summed E-state index contributed by atoms with van der Waals surface area (Å²) >= 11 is 0. The van der Waals surface area contributed by atoms with Gasteiger partial charge in [0, 0.05) is 17.4 Å². The van der Waals surface area contributed by atoms with Gasteiger partial charge in [-0.2, -0.15) is 0 Å². The first-order chi connectivity index (χ1) is 8.34. The third-order valence-corrected chi connectivity index (χ3v) is 7.44. The Morgan fingerprint density at radius 3 is 3.06 bits per heavy atom. The van der Waals surface area contributed by atoms with Gasteiger partial charge in [-0.25, -0.2) is 4.99 Å². The Labute approximate surface area is 118 Å². The summed E-state index contributed by atoms with van der Waals surface area (Å²) in [7, 11) is 7.22. The fourth-order valence-electron chi connectivity index (χ4n) is 1.66. The van der Waals surface area contributed by atoms with Crippen LogP contribution in [0.2, 0.25) is 0 Å². The smallest absolute Gasteiger partial charge is 0.225 e. The lowest BCUT2D eigenvalue weighted by atomic mass is 10.1. The Bertz CT molecular complexity index is 292. The van der Waals surface area contributed by atoms with Crippen LogP contribution in [-0.4, -0.2) is 28.0 Å². The molecular formula is C10H16N2OS4. The number of amidine groups is 1. The normalized spacial score (nSPS) is 23.8. The van der Waals surface area contributed by atoms with E-state index in [-0.39, 0.29) is 5.91 Å². The Morgan fingerprint density at radius 1 is 1.41 bits per heavy atom. The molecule has 1 N–H and O–H groups in total. The van der Waals surface area contributed by atoms with Crippen LogP contribution in [0.5, 0.6) is 0 Å². The van der Waals surface area contributed by atoms with E-state index in [9.17, 15) is 4.79 Å². The first-order valence-electron chi connectivity index (χ1n) is 5.76. The molecule has 2 heterocycles. The molecule has 1 unspecified atom stereocenters. The largest absolute Gasteiger partial charge is 0.305 e. The first kappa shape index (κ1) is 14.0. The maximum absolute atomic E-state index is 11.6. The molecule has 0 aliphatic carbocycles. The standard InChI is InChI=1S/C10H16N2OS4/c13-9(12-10-11-7-15-17-10)4-2-1-3-8-5-6-14-16-8/h8H,1-7H2,(H,11,12,13). The molecule has 0 aromatic rings. The predicted molar refractivity (Wildman–Crippen MR) is 82.5 cm³/mol. The van der Waals surface area contributed by atoms with Crippen LogP contribution >= 0.6 is 43.2 Å². The van der Waals surface area contributed by atoms with Crippen molar-refractivity contribution in [2.24, 2.45) is 4.99 Å². The molecule has 2 aliphatic heterocycles. The zero-order chi connectivity index (χ0) is 11.9. The highest BCUT2D eigenvalue weighted by Crippen LogP contribution is 2.39. The highest BCUT2D eigenvalue weighted by molar-refractivity contribution is 8.82. The second-order valence-electron chi connectivity index (χ2n) is 3.92. The van der Waals surface area contributed by atoms with Gasteiger partial charge in [0.2, 0.25) is 5.91 Å². The van der Waals surface area contributed by atoms with Gasteiger partial charge in [0.15, 0.2) is 5.17 Å². The quantitative estimate of drug-likeness (QED) is 0.621.